The fraction of sp³-hybridized carbons (Fsp3) is 0.423. The number of anilines is 2. The molecule has 1 aliphatic rings. The van der Waals surface area contributed by atoms with Gasteiger partial charge < -0.3 is 5.32 Å². The van der Waals surface area contributed by atoms with Crippen molar-refractivity contribution in [2.75, 3.05) is 10.2 Å². The van der Waals surface area contributed by atoms with Crippen LogP contribution in [-0.2, 0) is 4.79 Å². The average molecular weight is 499 g/mol. The van der Waals surface area contributed by atoms with E-state index in [9.17, 15) is 14.4 Å². The summed E-state index contributed by atoms with van der Waals surface area (Å²) < 4.78 is 0.598. The van der Waals surface area contributed by atoms with Crippen molar-refractivity contribution in [3.8, 4) is 0 Å². The van der Waals surface area contributed by atoms with Crippen molar-refractivity contribution in [3.05, 3.63) is 58.1 Å². The van der Waals surface area contributed by atoms with Crippen molar-refractivity contribution in [2.24, 2.45) is 0 Å². The highest BCUT2D eigenvalue weighted by Gasteiger charge is 2.38. The third-order valence-corrected chi connectivity index (χ3v) is 6.42. The maximum atomic E-state index is 12.9. The molecule has 32 heavy (non-hydrogen) atoms. The molecule has 5 nitrogen and oxygen atoms in total. The lowest BCUT2D eigenvalue weighted by molar-refractivity contribution is -0.116. The summed E-state index contributed by atoms with van der Waals surface area (Å²) in [6.07, 6.45) is 11.3. The number of halogens is 1. The van der Waals surface area contributed by atoms with Crippen molar-refractivity contribution >= 4 is 45.0 Å². The Morgan fingerprint density at radius 1 is 0.875 bits per heavy atom. The van der Waals surface area contributed by atoms with Gasteiger partial charge in [-0.05, 0) is 52.7 Å². The van der Waals surface area contributed by atoms with Gasteiger partial charge in [0.1, 0.15) is 0 Å². The minimum Gasteiger partial charge on any atom is -0.326 e. The highest BCUT2D eigenvalue weighted by atomic mass is 79.9. The first-order valence-electron chi connectivity index (χ1n) is 11.6. The van der Waals surface area contributed by atoms with Gasteiger partial charge >= 0.3 is 0 Å². The van der Waals surface area contributed by atoms with Crippen LogP contribution in [0.3, 0.4) is 0 Å². The number of nitrogens with zero attached hydrogens (tertiary/aromatic N) is 1. The molecule has 2 aromatic carbocycles. The van der Waals surface area contributed by atoms with E-state index in [0.29, 0.717) is 33.4 Å². The Bertz CT molecular complexity index is 973. The third-order valence-electron chi connectivity index (χ3n) is 5.76. The van der Waals surface area contributed by atoms with Gasteiger partial charge in [0.05, 0.1) is 16.8 Å². The molecule has 1 aliphatic heterocycles. The van der Waals surface area contributed by atoms with Gasteiger partial charge in [-0.1, -0.05) is 70.4 Å². The largest absolute Gasteiger partial charge is 0.326 e. The molecule has 170 valence electrons. The molecule has 1 heterocycles. The van der Waals surface area contributed by atoms with E-state index in [2.05, 4.69) is 28.2 Å². The van der Waals surface area contributed by atoms with Crippen molar-refractivity contribution in [1.29, 1.82) is 0 Å². The number of rotatable bonds is 12. The second-order valence-corrected chi connectivity index (χ2v) is 9.14. The summed E-state index contributed by atoms with van der Waals surface area (Å²) in [6, 6.07) is 12.0. The number of hydrogen-bond acceptors (Lipinski definition) is 3. The van der Waals surface area contributed by atoms with Crippen LogP contribution >= 0.6 is 15.9 Å². The number of unbranched alkanes of at least 4 members (excludes halogenated alkanes) is 8. The summed E-state index contributed by atoms with van der Waals surface area (Å²) in [4.78, 5) is 39.1. The number of carbonyl (C=O) groups excluding carboxylic acids is 3. The van der Waals surface area contributed by atoms with E-state index >= 15 is 0 Å². The van der Waals surface area contributed by atoms with Gasteiger partial charge in [0.2, 0.25) is 5.91 Å². The predicted molar refractivity (Wildman–Crippen MR) is 132 cm³/mol. The van der Waals surface area contributed by atoms with E-state index in [4.69, 9.17) is 0 Å². The van der Waals surface area contributed by atoms with E-state index in [0.717, 1.165) is 17.7 Å². The van der Waals surface area contributed by atoms with Crippen LogP contribution in [0.5, 0.6) is 0 Å². The molecule has 0 saturated heterocycles. The minimum atomic E-state index is -0.365. The number of amides is 3. The highest BCUT2D eigenvalue weighted by molar-refractivity contribution is 9.10. The van der Waals surface area contributed by atoms with Crippen LogP contribution in [0.15, 0.2) is 46.9 Å². The van der Waals surface area contributed by atoms with Crippen LogP contribution in [0.2, 0.25) is 0 Å². The van der Waals surface area contributed by atoms with Crippen molar-refractivity contribution in [3.63, 3.8) is 0 Å². The normalized spacial score (nSPS) is 12.9. The second kappa shape index (κ2) is 12.0. The third kappa shape index (κ3) is 6.06. The molecular weight excluding hydrogens is 468 g/mol. The van der Waals surface area contributed by atoms with Crippen molar-refractivity contribution < 1.29 is 14.4 Å². The van der Waals surface area contributed by atoms with Crippen LogP contribution in [0.25, 0.3) is 0 Å². The molecule has 1 N–H and O–H groups in total. The number of fused-ring (bicyclic) bond motifs is 1. The van der Waals surface area contributed by atoms with Crippen molar-refractivity contribution in [1.82, 2.24) is 0 Å². The van der Waals surface area contributed by atoms with E-state index in [1.54, 1.807) is 42.5 Å². The molecule has 0 spiro atoms. The predicted octanol–water partition coefficient (Wildman–Crippen LogP) is 7.11. The quantitative estimate of drug-likeness (QED) is 0.250. The standard InChI is InChI=1S/C26H31BrN2O3/c1-2-3-4-5-6-7-8-9-10-17-23(30)28-19-13-11-14-20(18-19)29-25(31)21-15-12-16-22(27)24(21)26(29)32/h11-16,18H,2-10,17H2,1H3,(H,28,30). The molecule has 0 radical (unpaired) electrons. The highest BCUT2D eigenvalue weighted by Crippen LogP contribution is 2.33. The average Bonchev–Trinajstić information content (AvgIpc) is 3.04. The number of nitrogens with one attached hydrogen (secondary N) is 1. The van der Waals surface area contributed by atoms with Crippen LogP contribution in [-0.4, -0.2) is 17.7 Å². The summed E-state index contributed by atoms with van der Waals surface area (Å²) in [6.45, 7) is 2.23. The molecule has 0 saturated carbocycles. The molecule has 0 atom stereocenters. The molecule has 2 aromatic rings. The molecule has 3 amide bonds. The van der Waals surface area contributed by atoms with Gasteiger partial charge in [-0.3, -0.25) is 14.4 Å². The van der Waals surface area contributed by atoms with E-state index < -0.39 is 0 Å². The summed E-state index contributed by atoms with van der Waals surface area (Å²) in [5.74, 6) is -0.768. The van der Waals surface area contributed by atoms with Crippen LogP contribution in [0.1, 0.15) is 91.8 Å². The maximum absolute atomic E-state index is 12.9. The molecule has 0 aromatic heterocycles. The number of benzene rings is 2. The summed E-state index contributed by atoms with van der Waals surface area (Å²) >= 11 is 3.36. The van der Waals surface area contributed by atoms with Gasteiger partial charge in [-0.2, -0.15) is 0 Å². The molecule has 0 bridgehead atoms. The Hall–Kier alpha value is -2.47. The van der Waals surface area contributed by atoms with E-state index in [-0.39, 0.29) is 17.7 Å². The molecule has 0 fully saturated rings. The monoisotopic (exact) mass is 498 g/mol. The van der Waals surface area contributed by atoms with Gasteiger partial charge in [-0.15, -0.1) is 0 Å². The molecular formula is C26H31BrN2O3. The first kappa shape index (κ1) is 24.2. The van der Waals surface area contributed by atoms with E-state index in [1.807, 2.05) is 0 Å². The summed E-state index contributed by atoms with van der Waals surface area (Å²) in [5, 5.41) is 2.90. The lowest BCUT2D eigenvalue weighted by Gasteiger charge is -2.15. The zero-order chi connectivity index (χ0) is 22.9. The Kier molecular flexibility index (Phi) is 9.03. The van der Waals surface area contributed by atoms with Crippen LogP contribution in [0, 0.1) is 0 Å². The Morgan fingerprint density at radius 2 is 1.53 bits per heavy atom. The SMILES string of the molecule is CCCCCCCCCCCC(=O)Nc1cccc(N2C(=O)c3cccc(Br)c3C2=O)c1. The molecule has 3 rings (SSSR count). The Labute approximate surface area is 198 Å². The fourth-order valence-electron chi connectivity index (χ4n) is 4.02. The lowest BCUT2D eigenvalue weighted by atomic mass is 10.1. The second-order valence-electron chi connectivity index (χ2n) is 8.29. The fourth-order valence-corrected chi connectivity index (χ4v) is 4.56. The maximum Gasteiger partial charge on any atom is 0.267 e. The smallest absolute Gasteiger partial charge is 0.267 e. The number of carbonyl (C=O) groups is 3. The minimum absolute atomic E-state index is 0.0461. The first-order chi connectivity index (χ1) is 15.5. The summed E-state index contributed by atoms with van der Waals surface area (Å²) in [7, 11) is 0. The number of imide groups is 1. The topological polar surface area (TPSA) is 66.5 Å². The molecule has 0 unspecified atom stereocenters. The lowest BCUT2D eigenvalue weighted by Crippen LogP contribution is -2.29. The Morgan fingerprint density at radius 3 is 2.22 bits per heavy atom. The van der Waals surface area contributed by atoms with Crippen LogP contribution < -0.4 is 10.2 Å². The van der Waals surface area contributed by atoms with Crippen LogP contribution in [0.4, 0.5) is 11.4 Å². The first-order valence-corrected chi connectivity index (χ1v) is 12.4. The Balaban J connectivity index is 1.48. The van der Waals surface area contributed by atoms with Gasteiger partial charge in [0, 0.05) is 16.6 Å². The van der Waals surface area contributed by atoms with E-state index in [1.165, 1.54) is 44.9 Å². The van der Waals surface area contributed by atoms with Gasteiger partial charge in [0.15, 0.2) is 0 Å². The zero-order valence-electron chi connectivity index (χ0n) is 18.7. The molecule has 6 heteroatoms. The van der Waals surface area contributed by atoms with Crippen molar-refractivity contribution in [2.45, 2.75) is 71.1 Å². The zero-order valence-corrected chi connectivity index (χ0v) is 20.2. The molecule has 0 aliphatic carbocycles. The van der Waals surface area contributed by atoms with Gasteiger partial charge in [-0.25, -0.2) is 4.90 Å². The number of hydrogen-bond donors (Lipinski definition) is 1. The van der Waals surface area contributed by atoms with Gasteiger partial charge in [0.25, 0.3) is 11.8 Å². The summed E-state index contributed by atoms with van der Waals surface area (Å²) in [5.41, 5.74) is 1.78.